The Morgan fingerprint density at radius 1 is 0.895 bits per heavy atom. The molecule has 2 nitrogen and oxygen atoms in total. The number of rotatable bonds is 5. The van der Waals surface area contributed by atoms with Gasteiger partial charge in [0, 0.05) is 13.2 Å². The van der Waals surface area contributed by atoms with Crippen molar-refractivity contribution in [3.05, 3.63) is 30.3 Å². The van der Waals surface area contributed by atoms with E-state index in [9.17, 15) is 0 Å². The third kappa shape index (κ3) is 3.78. The van der Waals surface area contributed by atoms with E-state index in [-0.39, 0.29) is 7.92 Å². The van der Waals surface area contributed by atoms with Crippen molar-refractivity contribution < 1.29 is 9.47 Å². The second-order valence-corrected chi connectivity index (χ2v) is 7.84. The molecule has 3 rings (SSSR count). The lowest BCUT2D eigenvalue weighted by atomic mass is 10.3. The molecule has 0 saturated carbocycles. The van der Waals surface area contributed by atoms with Gasteiger partial charge in [0.05, 0.1) is 12.2 Å². The fraction of sp³-hybridized carbons (Fsp3) is 0.625. The fourth-order valence-electron chi connectivity index (χ4n) is 2.99. The van der Waals surface area contributed by atoms with Crippen LogP contribution in [0, 0.1) is 0 Å². The van der Waals surface area contributed by atoms with Crippen LogP contribution >= 0.6 is 7.92 Å². The molecule has 2 aliphatic heterocycles. The topological polar surface area (TPSA) is 18.5 Å². The lowest BCUT2D eigenvalue weighted by molar-refractivity contribution is 0.123. The number of ether oxygens (including phenoxy) is 2. The van der Waals surface area contributed by atoms with Crippen LogP contribution in [-0.2, 0) is 9.47 Å². The molecule has 3 heteroatoms. The first-order chi connectivity index (χ1) is 9.42. The molecule has 2 saturated heterocycles. The first kappa shape index (κ1) is 13.5. The van der Waals surface area contributed by atoms with E-state index in [0.717, 1.165) is 13.2 Å². The molecule has 2 atom stereocenters. The highest BCUT2D eigenvalue weighted by molar-refractivity contribution is 7.65. The van der Waals surface area contributed by atoms with Crippen molar-refractivity contribution in [3.63, 3.8) is 0 Å². The average Bonchev–Trinajstić information content (AvgIpc) is 3.12. The molecule has 0 bridgehead atoms. The second-order valence-electron chi connectivity index (χ2n) is 5.51. The molecule has 2 aliphatic rings. The van der Waals surface area contributed by atoms with Gasteiger partial charge in [0.25, 0.3) is 0 Å². The summed E-state index contributed by atoms with van der Waals surface area (Å²) in [6.07, 6.45) is 8.40. The van der Waals surface area contributed by atoms with Crippen LogP contribution in [0.3, 0.4) is 0 Å². The van der Waals surface area contributed by atoms with E-state index in [1.807, 2.05) is 0 Å². The summed E-state index contributed by atoms with van der Waals surface area (Å²) in [6, 6.07) is 11.0. The summed E-state index contributed by atoms with van der Waals surface area (Å²) >= 11 is 0. The molecular weight excluding hydrogens is 255 g/mol. The zero-order valence-corrected chi connectivity index (χ0v) is 12.4. The zero-order chi connectivity index (χ0) is 12.9. The van der Waals surface area contributed by atoms with Crippen LogP contribution in [0.25, 0.3) is 0 Å². The smallest absolute Gasteiger partial charge is 0.0618 e. The van der Waals surface area contributed by atoms with Crippen molar-refractivity contribution in [3.8, 4) is 0 Å². The Bertz CT molecular complexity index is 352. The first-order valence-corrected chi connectivity index (χ1v) is 9.16. The predicted molar refractivity (Wildman–Crippen MR) is 80.7 cm³/mol. The first-order valence-electron chi connectivity index (χ1n) is 7.45. The minimum atomic E-state index is -0.128. The van der Waals surface area contributed by atoms with Gasteiger partial charge in [0.2, 0.25) is 0 Å². The summed E-state index contributed by atoms with van der Waals surface area (Å²) in [5.74, 6) is 0. The van der Waals surface area contributed by atoms with E-state index in [2.05, 4.69) is 30.3 Å². The van der Waals surface area contributed by atoms with Crippen molar-refractivity contribution in [2.75, 3.05) is 25.5 Å². The number of hydrogen-bond donors (Lipinski definition) is 0. The van der Waals surface area contributed by atoms with Crippen LogP contribution in [0.4, 0.5) is 0 Å². The quantitative estimate of drug-likeness (QED) is 0.770. The maximum atomic E-state index is 5.84. The van der Waals surface area contributed by atoms with Gasteiger partial charge in [0.15, 0.2) is 0 Å². The molecule has 0 N–H and O–H groups in total. The van der Waals surface area contributed by atoms with Crippen LogP contribution in [0.1, 0.15) is 25.7 Å². The van der Waals surface area contributed by atoms with E-state index in [1.54, 1.807) is 0 Å². The molecule has 19 heavy (non-hydrogen) atoms. The summed E-state index contributed by atoms with van der Waals surface area (Å²) in [5, 5.41) is 1.52. The third-order valence-electron chi connectivity index (χ3n) is 4.02. The van der Waals surface area contributed by atoms with E-state index in [0.29, 0.717) is 12.2 Å². The molecule has 0 amide bonds. The molecule has 104 valence electrons. The van der Waals surface area contributed by atoms with Gasteiger partial charge in [-0.2, -0.15) is 0 Å². The Hall–Kier alpha value is -0.430. The summed E-state index contributed by atoms with van der Waals surface area (Å²) in [6.45, 7) is 1.92. The van der Waals surface area contributed by atoms with Crippen LogP contribution in [0.15, 0.2) is 30.3 Å². The van der Waals surface area contributed by atoms with Gasteiger partial charge in [-0.3, -0.25) is 0 Å². The van der Waals surface area contributed by atoms with Crippen molar-refractivity contribution >= 4 is 13.2 Å². The Labute approximate surface area is 117 Å². The Morgan fingerprint density at radius 2 is 1.47 bits per heavy atom. The number of benzene rings is 1. The SMILES string of the molecule is c1ccc(P(CC2CCCO2)CC2CCCO2)cc1. The highest BCUT2D eigenvalue weighted by atomic mass is 31.1. The normalized spacial score (nSPS) is 28.6. The molecule has 0 spiro atoms. The lowest BCUT2D eigenvalue weighted by Crippen LogP contribution is -2.21. The lowest BCUT2D eigenvalue weighted by Gasteiger charge is -2.24. The van der Waals surface area contributed by atoms with Crippen molar-refractivity contribution in [1.29, 1.82) is 0 Å². The largest absolute Gasteiger partial charge is 0.378 e. The fourth-order valence-corrected chi connectivity index (χ4v) is 5.72. The molecule has 0 aromatic heterocycles. The van der Waals surface area contributed by atoms with Crippen molar-refractivity contribution in [1.82, 2.24) is 0 Å². The summed E-state index contributed by atoms with van der Waals surface area (Å²) in [4.78, 5) is 0. The molecule has 2 heterocycles. The van der Waals surface area contributed by atoms with Crippen LogP contribution in [0.2, 0.25) is 0 Å². The Kier molecular flexibility index (Phi) is 4.87. The molecule has 1 aromatic rings. The summed E-state index contributed by atoms with van der Waals surface area (Å²) < 4.78 is 11.7. The minimum Gasteiger partial charge on any atom is -0.378 e. The second kappa shape index (κ2) is 6.83. The molecule has 0 radical (unpaired) electrons. The molecule has 2 unspecified atom stereocenters. The molecule has 0 aliphatic carbocycles. The van der Waals surface area contributed by atoms with E-state index < -0.39 is 0 Å². The maximum Gasteiger partial charge on any atom is 0.0618 e. The standard InChI is InChI=1S/C16H23O2P/c1-2-8-16(9-3-1)19(12-14-6-4-10-17-14)13-15-7-5-11-18-15/h1-3,8-9,14-15H,4-7,10-13H2. The average molecular weight is 278 g/mol. The number of hydrogen-bond acceptors (Lipinski definition) is 2. The minimum absolute atomic E-state index is 0.128. The Balaban J connectivity index is 1.66. The van der Waals surface area contributed by atoms with E-state index in [1.165, 1.54) is 43.3 Å². The summed E-state index contributed by atoms with van der Waals surface area (Å²) in [5.41, 5.74) is 0. The van der Waals surface area contributed by atoms with E-state index in [4.69, 9.17) is 9.47 Å². The van der Waals surface area contributed by atoms with Gasteiger partial charge in [-0.15, -0.1) is 0 Å². The third-order valence-corrected chi connectivity index (χ3v) is 6.74. The van der Waals surface area contributed by atoms with Crippen molar-refractivity contribution in [2.45, 2.75) is 37.9 Å². The Morgan fingerprint density at radius 3 is 1.95 bits per heavy atom. The maximum absolute atomic E-state index is 5.84. The van der Waals surface area contributed by atoms with Gasteiger partial charge >= 0.3 is 0 Å². The monoisotopic (exact) mass is 278 g/mol. The van der Waals surface area contributed by atoms with E-state index >= 15 is 0 Å². The van der Waals surface area contributed by atoms with Gasteiger partial charge in [-0.05, 0) is 43.3 Å². The van der Waals surface area contributed by atoms with Gasteiger partial charge < -0.3 is 9.47 Å². The van der Waals surface area contributed by atoms with Gasteiger partial charge in [-0.1, -0.05) is 38.3 Å². The zero-order valence-electron chi connectivity index (χ0n) is 11.5. The molecular formula is C16H23O2P. The molecule has 2 fully saturated rings. The van der Waals surface area contributed by atoms with Crippen molar-refractivity contribution in [2.24, 2.45) is 0 Å². The predicted octanol–water partition coefficient (Wildman–Crippen LogP) is 3.15. The van der Waals surface area contributed by atoms with Gasteiger partial charge in [0.1, 0.15) is 0 Å². The van der Waals surface area contributed by atoms with Crippen LogP contribution in [-0.4, -0.2) is 37.7 Å². The molecule has 1 aromatic carbocycles. The highest BCUT2D eigenvalue weighted by Gasteiger charge is 2.26. The van der Waals surface area contributed by atoms with Gasteiger partial charge in [-0.25, -0.2) is 0 Å². The highest BCUT2D eigenvalue weighted by Crippen LogP contribution is 2.40. The van der Waals surface area contributed by atoms with Crippen LogP contribution < -0.4 is 5.30 Å². The summed E-state index contributed by atoms with van der Waals surface area (Å²) in [7, 11) is -0.128. The van der Waals surface area contributed by atoms with Crippen LogP contribution in [0.5, 0.6) is 0 Å².